The first-order chi connectivity index (χ1) is 10.0. The lowest BCUT2D eigenvalue weighted by molar-refractivity contribution is 0.00578. The van der Waals surface area contributed by atoms with Crippen LogP contribution in [0.2, 0.25) is 0 Å². The van der Waals surface area contributed by atoms with Gasteiger partial charge in [-0.2, -0.15) is 0 Å². The Morgan fingerprint density at radius 3 is 0.957 bits per heavy atom. The van der Waals surface area contributed by atoms with Crippen LogP contribution in [0.1, 0.15) is 76.2 Å². The normalized spacial score (nSPS) is 28.7. The number of hydrogen-bond donors (Lipinski definition) is 0. The summed E-state index contributed by atoms with van der Waals surface area (Å²) in [6.07, 6.45) is 0. The van der Waals surface area contributed by atoms with Gasteiger partial charge < -0.3 is 18.6 Å². The van der Waals surface area contributed by atoms with Gasteiger partial charge in [0.05, 0.1) is 22.4 Å². The summed E-state index contributed by atoms with van der Waals surface area (Å²) < 4.78 is 27.0. The van der Waals surface area contributed by atoms with E-state index in [9.17, 15) is 0 Å². The van der Waals surface area contributed by atoms with Crippen molar-refractivity contribution < 1.29 is 18.6 Å². The average molecular weight is 325 g/mol. The van der Waals surface area contributed by atoms with Crippen molar-refractivity contribution in [1.82, 2.24) is 4.72 Å². The van der Waals surface area contributed by atoms with Crippen LogP contribution in [0.15, 0.2) is 0 Å². The molecule has 0 saturated carbocycles. The highest BCUT2D eigenvalue weighted by atomic mass is 16.7. The Morgan fingerprint density at radius 2 is 0.783 bits per heavy atom. The summed E-state index contributed by atoms with van der Waals surface area (Å²) in [6, 6.07) is 0. The molecule has 0 N–H and O–H groups in total. The summed E-state index contributed by atoms with van der Waals surface area (Å²) in [5.41, 5.74) is -1.84. The van der Waals surface area contributed by atoms with Gasteiger partial charge in [0, 0.05) is 5.54 Å². The highest BCUT2D eigenvalue weighted by Crippen LogP contribution is 2.43. The predicted molar refractivity (Wildman–Crippen MR) is 93.8 cm³/mol. The zero-order chi connectivity index (χ0) is 18.1. The summed E-state index contributed by atoms with van der Waals surface area (Å²) in [5, 5.41) is 0. The van der Waals surface area contributed by atoms with Crippen LogP contribution in [-0.4, -0.2) is 47.2 Å². The van der Waals surface area contributed by atoms with Gasteiger partial charge in [-0.05, 0) is 76.2 Å². The molecular formula is C16H33B2NO4. The van der Waals surface area contributed by atoms with Gasteiger partial charge in [-0.3, -0.25) is 4.72 Å². The van der Waals surface area contributed by atoms with Crippen molar-refractivity contribution in [2.24, 2.45) is 0 Å². The van der Waals surface area contributed by atoms with Crippen molar-refractivity contribution in [2.75, 3.05) is 0 Å². The van der Waals surface area contributed by atoms with Crippen molar-refractivity contribution >= 4 is 14.5 Å². The fourth-order valence-corrected chi connectivity index (χ4v) is 2.58. The van der Waals surface area contributed by atoms with Gasteiger partial charge in [-0.1, -0.05) is 0 Å². The standard InChI is InChI=1S/C16H33B2NO4/c1-12(2,3)19(17-20-13(4,5)14(6,7)21-17)18-22-15(8,9)16(10,11)23-18/h1-11H3. The van der Waals surface area contributed by atoms with Crippen molar-refractivity contribution in [2.45, 2.75) is 104 Å². The van der Waals surface area contributed by atoms with E-state index >= 15 is 0 Å². The Morgan fingerprint density at radius 1 is 0.565 bits per heavy atom. The topological polar surface area (TPSA) is 40.2 Å². The Bertz CT molecular complexity index is 403. The van der Waals surface area contributed by atoms with E-state index in [1.807, 2.05) is 4.72 Å². The molecule has 2 heterocycles. The fourth-order valence-electron chi connectivity index (χ4n) is 2.58. The SMILES string of the molecule is CC(C)(C)N(B1OC(C)(C)C(C)(C)O1)B1OC(C)(C)C(C)(C)O1. The van der Waals surface area contributed by atoms with Gasteiger partial charge in [-0.15, -0.1) is 0 Å². The lowest BCUT2D eigenvalue weighted by Gasteiger charge is -2.38. The Hall–Kier alpha value is -0.0701. The molecule has 2 rings (SSSR count). The van der Waals surface area contributed by atoms with E-state index in [1.54, 1.807) is 0 Å². The first kappa shape index (κ1) is 19.3. The number of rotatable bonds is 2. The first-order valence-electron chi connectivity index (χ1n) is 8.50. The van der Waals surface area contributed by atoms with E-state index in [-0.39, 0.29) is 5.54 Å². The molecule has 0 unspecified atom stereocenters. The zero-order valence-electron chi connectivity index (χ0n) is 16.7. The van der Waals surface area contributed by atoms with Crippen molar-refractivity contribution in [3.8, 4) is 0 Å². The monoisotopic (exact) mass is 325 g/mol. The van der Waals surface area contributed by atoms with E-state index in [1.165, 1.54) is 0 Å². The summed E-state index contributed by atoms with van der Waals surface area (Å²) in [7, 11) is -1.04. The minimum absolute atomic E-state index is 0.248. The van der Waals surface area contributed by atoms with Crippen molar-refractivity contribution in [1.29, 1.82) is 0 Å². The van der Waals surface area contributed by atoms with Gasteiger partial charge in [0.2, 0.25) is 0 Å². The summed E-state index contributed by atoms with van der Waals surface area (Å²) >= 11 is 0. The first-order valence-corrected chi connectivity index (χ1v) is 8.50. The van der Waals surface area contributed by atoms with Gasteiger partial charge in [-0.25, -0.2) is 0 Å². The van der Waals surface area contributed by atoms with E-state index in [0.29, 0.717) is 0 Å². The van der Waals surface area contributed by atoms with E-state index < -0.39 is 36.9 Å². The third-order valence-electron chi connectivity index (χ3n) is 5.71. The molecule has 0 spiro atoms. The minimum Gasteiger partial charge on any atom is -0.390 e. The molecule has 2 aliphatic heterocycles. The molecule has 0 amide bonds. The Labute approximate surface area is 142 Å². The second kappa shape index (κ2) is 5.21. The van der Waals surface area contributed by atoms with Gasteiger partial charge in [0.25, 0.3) is 0 Å². The molecule has 23 heavy (non-hydrogen) atoms. The van der Waals surface area contributed by atoms with Crippen LogP contribution in [0.3, 0.4) is 0 Å². The largest absolute Gasteiger partial charge is 0.551 e. The molecule has 5 nitrogen and oxygen atoms in total. The molecule has 132 valence electrons. The Kier molecular flexibility index (Phi) is 4.36. The van der Waals surface area contributed by atoms with Gasteiger partial charge >= 0.3 is 14.5 Å². The van der Waals surface area contributed by atoms with Crippen LogP contribution in [0.4, 0.5) is 0 Å². The maximum Gasteiger partial charge on any atom is 0.551 e. The molecule has 2 saturated heterocycles. The maximum atomic E-state index is 6.25. The second-order valence-corrected chi connectivity index (χ2v) is 9.70. The van der Waals surface area contributed by atoms with E-state index in [2.05, 4.69) is 76.2 Å². The molecule has 2 aliphatic rings. The van der Waals surface area contributed by atoms with E-state index in [0.717, 1.165) is 0 Å². The second-order valence-electron chi connectivity index (χ2n) is 9.70. The molecule has 0 bridgehead atoms. The van der Waals surface area contributed by atoms with Crippen molar-refractivity contribution in [3.63, 3.8) is 0 Å². The average Bonchev–Trinajstić information content (AvgIpc) is 2.54. The maximum absolute atomic E-state index is 6.25. The Balaban J connectivity index is 2.32. The summed E-state index contributed by atoms with van der Waals surface area (Å²) in [5.74, 6) is 0. The van der Waals surface area contributed by atoms with Crippen LogP contribution in [-0.2, 0) is 18.6 Å². The van der Waals surface area contributed by atoms with Crippen LogP contribution >= 0.6 is 0 Å². The van der Waals surface area contributed by atoms with E-state index in [4.69, 9.17) is 18.6 Å². The molecule has 0 radical (unpaired) electrons. The van der Waals surface area contributed by atoms with Crippen LogP contribution < -0.4 is 0 Å². The highest BCUT2D eigenvalue weighted by molar-refractivity contribution is 6.60. The van der Waals surface area contributed by atoms with Crippen LogP contribution in [0, 0.1) is 0 Å². The smallest absolute Gasteiger partial charge is 0.390 e. The van der Waals surface area contributed by atoms with Gasteiger partial charge in [0.1, 0.15) is 0 Å². The molecule has 0 aromatic heterocycles. The third kappa shape index (κ3) is 3.23. The third-order valence-corrected chi connectivity index (χ3v) is 5.71. The molecule has 0 aliphatic carbocycles. The number of nitrogens with zero attached hydrogens (tertiary/aromatic N) is 1. The zero-order valence-corrected chi connectivity index (χ0v) is 16.7. The molecule has 0 aromatic rings. The molecule has 0 aromatic carbocycles. The summed E-state index contributed by atoms with van der Waals surface area (Å²) in [6.45, 7) is 22.8. The van der Waals surface area contributed by atoms with Gasteiger partial charge in [0.15, 0.2) is 0 Å². The highest BCUT2D eigenvalue weighted by Gasteiger charge is 2.63. The lowest BCUT2D eigenvalue weighted by Crippen LogP contribution is -2.61. The van der Waals surface area contributed by atoms with Crippen molar-refractivity contribution in [3.05, 3.63) is 0 Å². The molecule has 2 fully saturated rings. The molecule has 7 heteroatoms. The molecule has 0 atom stereocenters. The predicted octanol–water partition coefficient (Wildman–Crippen LogP) is 3.26. The lowest BCUT2D eigenvalue weighted by atomic mass is 9.80. The molecular weight excluding hydrogens is 292 g/mol. The minimum atomic E-state index is -0.519. The summed E-state index contributed by atoms with van der Waals surface area (Å²) in [4.78, 5) is 0. The quantitative estimate of drug-likeness (QED) is 0.729. The van der Waals surface area contributed by atoms with Crippen LogP contribution in [0.5, 0.6) is 0 Å². The number of hydrogen-bond acceptors (Lipinski definition) is 5. The fraction of sp³-hybridized carbons (Fsp3) is 1.00. The van der Waals surface area contributed by atoms with Crippen LogP contribution in [0.25, 0.3) is 0 Å².